The van der Waals surface area contributed by atoms with Crippen LogP contribution in [0.4, 0.5) is 0 Å². The van der Waals surface area contributed by atoms with Crippen LogP contribution >= 0.6 is 11.3 Å². The molecule has 1 aromatic carbocycles. The lowest BCUT2D eigenvalue weighted by Gasteiger charge is -2.27. The maximum absolute atomic E-state index is 12.1. The molecule has 3 rings (SSSR count). The summed E-state index contributed by atoms with van der Waals surface area (Å²) in [5.74, 6) is 0.0999. The third-order valence-electron chi connectivity index (χ3n) is 3.38. The Labute approximate surface area is 117 Å². The Balaban J connectivity index is 1.69. The normalized spacial score (nSPS) is 14.6. The van der Waals surface area contributed by atoms with Crippen molar-refractivity contribution < 1.29 is 4.79 Å². The van der Waals surface area contributed by atoms with Crippen LogP contribution < -0.4 is 0 Å². The quantitative estimate of drug-likeness (QED) is 0.766. The molecule has 2 heterocycles. The molecule has 0 unspecified atom stereocenters. The van der Waals surface area contributed by atoms with Crippen LogP contribution in [0.2, 0.25) is 0 Å². The molecule has 0 fully saturated rings. The van der Waals surface area contributed by atoms with Gasteiger partial charge >= 0.3 is 0 Å². The van der Waals surface area contributed by atoms with E-state index in [9.17, 15) is 4.79 Å². The lowest BCUT2D eigenvalue weighted by molar-refractivity contribution is -0.126. The molecule has 2 aromatic rings. The number of benzene rings is 1. The first-order valence-electron chi connectivity index (χ1n) is 6.40. The number of carbonyl (C=O) groups excluding carboxylic acids is 1. The molecular weight excluding hydrogens is 254 g/mol. The van der Waals surface area contributed by atoms with E-state index in [0.717, 1.165) is 24.4 Å². The molecule has 2 nitrogen and oxygen atoms in total. The van der Waals surface area contributed by atoms with Crippen LogP contribution in [0.1, 0.15) is 16.0 Å². The summed E-state index contributed by atoms with van der Waals surface area (Å²) in [6.45, 7) is 1.54. The maximum Gasteiger partial charge on any atom is 0.246 e. The SMILES string of the molecule is O=C(/C=C\c1cccs1)N1CCc2ccccc2C1. The molecule has 0 saturated carbocycles. The second kappa shape index (κ2) is 5.41. The predicted octanol–water partition coefficient (Wildman–Crippen LogP) is 3.35. The van der Waals surface area contributed by atoms with E-state index >= 15 is 0 Å². The molecule has 96 valence electrons. The average Bonchev–Trinajstić information content (AvgIpc) is 2.97. The highest BCUT2D eigenvalue weighted by atomic mass is 32.1. The Morgan fingerprint density at radius 1 is 1.16 bits per heavy atom. The first kappa shape index (κ1) is 12.2. The van der Waals surface area contributed by atoms with E-state index in [0.29, 0.717) is 0 Å². The molecule has 3 heteroatoms. The van der Waals surface area contributed by atoms with Gasteiger partial charge in [0.05, 0.1) is 0 Å². The molecule has 0 atom stereocenters. The third-order valence-corrected chi connectivity index (χ3v) is 4.21. The summed E-state index contributed by atoms with van der Waals surface area (Å²) in [6.07, 6.45) is 4.53. The fourth-order valence-electron chi connectivity index (χ4n) is 2.33. The number of rotatable bonds is 2. The Kier molecular flexibility index (Phi) is 3.47. The minimum atomic E-state index is 0.0999. The molecule has 0 N–H and O–H groups in total. The highest BCUT2D eigenvalue weighted by Gasteiger charge is 2.18. The van der Waals surface area contributed by atoms with E-state index in [-0.39, 0.29) is 5.91 Å². The van der Waals surface area contributed by atoms with Crippen LogP contribution in [0, 0.1) is 0 Å². The molecule has 0 saturated heterocycles. The van der Waals surface area contributed by atoms with Gasteiger partial charge in [-0.3, -0.25) is 4.79 Å². The second-order valence-corrected chi connectivity index (χ2v) is 5.61. The molecule has 19 heavy (non-hydrogen) atoms. The summed E-state index contributed by atoms with van der Waals surface area (Å²) in [4.78, 5) is 15.2. The van der Waals surface area contributed by atoms with E-state index in [1.807, 2.05) is 34.6 Å². The van der Waals surface area contributed by atoms with E-state index in [1.165, 1.54) is 11.1 Å². The van der Waals surface area contributed by atoms with Crippen molar-refractivity contribution in [1.82, 2.24) is 4.90 Å². The van der Waals surface area contributed by atoms with Gasteiger partial charge in [-0.15, -0.1) is 11.3 Å². The Morgan fingerprint density at radius 2 is 2.00 bits per heavy atom. The number of carbonyl (C=O) groups is 1. The van der Waals surface area contributed by atoms with Gasteiger partial charge in [-0.05, 0) is 35.1 Å². The standard InChI is InChI=1S/C16H15NOS/c18-16(8-7-15-6-3-11-19-15)17-10-9-13-4-1-2-5-14(13)12-17/h1-8,11H,9-10,12H2/b8-7-. The van der Waals surface area contributed by atoms with Gasteiger partial charge < -0.3 is 4.90 Å². The van der Waals surface area contributed by atoms with Crippen molar-refractivity contribution in [1.29, 1.82) is 0 Å². The van der Waals surface area contributed by atoms with Gasteiger partial charge in [0.15, 0.2) is 0 Å². The zero-order valence-corrected chi connectivity index (χ0v) is 11.4. The second-order valence-electron chi connectivity index (χ2n) is 4.63. The first-order chi connectivity index (χ1) is 9.33. The summed E-state index contributed by atoms with van der Waals surface area (Å²) >= 11 is 1.64. The summed E-state index contributed by atoms with van der Waals surface area (Å²) in [7, 11) is 0. The molecule has 0 aliphatic carbocycles. The van der Waals surface area contributed by atoms with Gasteiger partial charge in [0.1, 0.15) is 0 Å². The van der Waals surface area contributed by atoms with Gasteiger partial charge in [0.2, 0.25) is 5.91 Å². The number of nitrogens with zero attached hydrogens (tertiary/aromatic N) is 1. The van der Waals surface area contributed by atoms with Crippen LogP contribution in [0.25, 0.3) is 6.08 Å². The van der Waals surface area contributed by atoms with E-state index < -0.39 is 0 Å². The van der Waals surface area contributed by atoms with Crippen molar-refractivity contribution in [2.45, 2.75) is 13.0 Å². The molecular formula is C16H15NOS. The zero-order chi connectivity index (χ0) is 13.1. The monoisotopic (exact) mass is 269 g/mol. The van der Waals surface area contributed by atoms with Crippen LogP contribution in [0.15, 0.2) is 47.9 Å². The van der Waals surface area contributed by atoms with E-state index in [4.69, 9.17) is 0 Å². The number of amides is 1. The third kappa shape index (κ3) is 2.76. The lowest BCUT2D eigenvalue weighted by atomic mass is 10.00. The van der Waals surface area contributed by atoms with Gasteiger partial charge in [0.25, 0.3) is 0 Å². The highest BCUT2D eigenvalue weighted by Crippen LogP contribution is 2.19. The summed E-state index contributed by atoms with van der Waals surface area (Å²) < 4.78 is 0. The molecule has 1 amide bonds. The van der Waals surface area contributed by atoms with Gasteiger partial charge in [-0.25, -0.2) is 0 Å². The molecule has 0 radical (unpaired) electrons. The topological polar surface area (TPSA) is 20.3 Å². The number of thiophene rings is 1. The van der Waals surface area contributed by atoms with Crippen molar-refractivity contribution in [3.63, 3.8) is 0 Å². The van der Waals surface area contributed by atoms with Crippen LogP contribution in [0.3, 0.4) is 0 Å². The Hall–Kier alpha value is -1.87. The van der Waals surface area contributed by atoms with Gasteiger partial charge in [0, 0.05) is 24.0 Å². The molecule has 1 aliphatic heterocycles. The van der Waals surface area contributed by atoms with Crippen molar-refractivity contribution in [3.05, 3.63) is 63.9 Å². The minimum absolute atomic E-state index is 0.0999. The number of fused-ring (bicyclic) bond motifs is 1. The highest BCUT2D eigenvalue weighted by molar-refractivity contribution is 7.10. The minimum Gasteiger partial charge on any atom is -0.334 e. The summed E-state index contributed by atoms with van der Waals surface area (Å²) in [5.41, 5.74) is 2.64. The smallest absolute Gasteiger partial charge is 0.246 e. The Morgan fingerprint density at radius 3 is 2.79 bits per heavy atom. The fourth-order valence-corrected chi connectivity index (χ4v) is 2.95. The number of hydrogen-bond donors (Lipinski definition) is 0. The largest absolute Gasteiger partial charge is 0.334 e. The van der Waals surface area contributed by atoms with Crippen LogP contribution in [0.5, 0.6) is 0 Å². The summed E-state index contributed by atoms with van der Waals surface area (Å²) in [5, 5.41) is 2.02. The van der Waals surface area contributed by atoms with E-state index in [1.54, 1.807) is 17.4 Å². The maximum atomic E-state index is 12.1. The Bertz CT molecular complexity index is 601. The van der Waals surface area contributed by atoms with Crippen molar-refractivity contribution in [3.8, 4) is 0 Å². The summed E-state index contributed by atoms with van der Waals surface area (Å²) in [6, 6.07) is 12.4. The predicted molar refractivity (Wildman–Crippen MR) is 78.9 cm³/mol. The number of hydrogen-bond acceptors (Lipinski definition) is 2. The van der Waals surface area contributed by atoms with E-state index in [2.05, 4.69) is 18.2 Å². The van der Waals surface area contributed by atoms with Crippen LogP contribution in [-0.2, 0) is 17.8 Å². The molecule has 1 aromatic heterocycles. The fraction of sp³-hybridized carbons (Fsp3) is 0.188. The lowest BCUT2D eigenvalue weighted by Crippen LogP contribution is -2.34. The molecule has 0 bridgehead atoms. The average molecular weight is 269 g/mol. The molecule has 1 aliphatic rings. The first-order valence-corrected chi connectivity index (χ1v) is 7.28. The molecule has 0 spiro atoms. The van der Waals surface area contributed by atoms with Gasteiger partial charge in [-0.1, -0.05) is 30.3 Å². The van der Waals surface area contributed by atoms with Gasteiger partial charge in [-0.2, -0.15) is 0 Å². The zero-order valence-electron chi connectivity index (χ0n) is 10.6. The van der Waals surface area contributed by atoms with Crippen molar-refractivity contribution in [2.24, 2.45) is 0 Å². The van der Waals surface area contributed by atoms with Crippen LogP contribution in [-0.4, -0.2) is 17.4 Å². The van der Waals surface area contributed by atoms with Crippen molar-refractivity contribution >= 4 is 23.3 Å². The van der Waals surface area contributed by atoms with Crippen molar-refractivity contribution in [2.75, 3.05) is 6.54 Å².